The highest BCUT2D eigenvalue weighted by atomic mass is 16.5. The second-order valence-corrected chi connectivity index (χ2v) is 5.41. The molecule has 0 bridgehead atoms. The normalized spacial score (nSPS) is 11.0. The zero-order chi connectivity index (χ0) is 16.7. The quantitative estimate of drug-likeness (QED) is 0.694. The second kappa shape index (κ2) is 5.46. The lowest BCUT2D eigenvalue weighted by atomic mass is 10.0. The number of aryl methyl sites for hydroxylation is 3. The van der Waals surface area contributed by atoms with E-state index >= 15 is 0 Å². The van der Waals surface area contributed by atoms with Crippen molar-refractivity contribution in [3.63, 3.8) is 0 Å². The molecule has 3 aromatic rings. The third-order valence-electron chi connectivity index (χ3n) is 4.02. The first-order valence-corrected chi connectivity index (χ1v) is 7.16. The number of rotatable bonds is 3. The van der Waals surface area contributed by atoms with E-state index in [1.54, 1.807) is 13.3 Å². The molecular formula is C17H18N2O4. The van der Waals surface area contributed by atoms with Crippen LogP contribution >= 0.6 is 0 Å². The second-order valence-electron chi connectivity index (χ2n) is 5.41. The zero-order valence-corrected chi connectivity index (χ0v) is 13.8. The lowest BCUT2D eigenvalue weighted by Gasteiger charge is -2.10. The molecule has 0 aliphatic heterocycles. The molecule has 0 amide bonds. The number of nitrogens with zero attached hydrogens (tertiary/aromatic N) is 2. The number of ether oxygens (including phenoxy) is 2. The smallest absolute Gasteiger partial charge is 0.340 e. The molecular weight excluding hydrogens is 296 g/mol. The van der Waals surface area contributed by atoms with Gasteiger partial charge in [-0.25, -0.2) is 4.79 Å². The van der Waals surface area contributed by atoms with Crippen LogP contribution in [0.25, 0.3) is 22.0 Å². The summed E-state index contributed by atoms with van der Waals surface area (Å²) in [6, 6.07) is 3.83. The van der Waals surface area contributed by atoms with Gasteiger partial charge in [-0.05, 0) is 26.0 Å². The molecule has 0 atom stereocenters. The van der Waals surface area contributed by atoms with E-state index in [1.807, 2.05) is 37.6 Å². The van der Waals surface area contributed by atoms with Crippen LogP contribution in [-0.4, -0.2) is 29.9 Å². The Kier molecular flexibility index (Phi) is 3.60. The van der Waals surface area contributed by atoms with Gasteiger partial charge in [0.15, 0.2) is 0 Å². The number of hydrogen-bond donors (Lipinski definition) is 0. The summed E-state index contributed by atoms with van der Waals surface area (Å²) in [7, 11) is 4.86. The first-order chi connectivity index (χ1) is 11.0. The Morgan fingerprint density at radius 1 is 1.26 bits per heavy atom. The zero-order valence-electron chi connectivity index (χ0n) is 13.8. The van der Waals surface area contributed by atoms with Crippen molar-refractivity contribution in [3.05, 3.63) is 35.3 Å². The van der Waals surface area contributed by atoms with E-state index in [2.05, 4.69) is 5.16 Å². The maximum absolute atomic E-state index is 12.0. The molecule has 0 unspecified atom stereocenters. The molecule has 2 heterocycles. The van der Waals surface area contributed by atoms with Gasteiger partial charge in [0, 0.05) is 29.7 Å². The highest BCUT2D eigenvalue weighted by Gasteiger charge is 2.21. The van der Waals surface area contributed by atoms with Crippen molar-refractivity contribution in [1.29, 1.82) is 0 Å². The summed E-state index contributed by atoms with van der Waals surface area (Å²) in [4.78, 5) is 12.0. The van der Waals surface area contributed by atoms with E-state index in [9.17, 15) is 4.79 Å². The van der Waals surface area contributed by atoms with Crippen LogP contribution in [0.3, 0.4) is 0 Å². The largest absolute Gasteiger partial charge is 0.496 e. The van der Waals surface area contributed by atoms with Gasteiger partial charge in [-0.1, -0.05) is 5.16 Å². The lowest BCUT2D eigenvalue weighted by molar-refractivity contribution is 0.0603. The molecule has 0 saturated heterocycles. The molecule has 0 spiro atoms. The maximum Gasteiger partial charge on any atom is 0.340 e. The third kappa shape index (κ3) is 2.27. The molecule has 1 aromatic carbocycles. The minimum atomic E-state index is -0.372. The first kappa shape index (κ1) is 15.1. The van der Waals surface area contributed by atoms with Crippen molar-refractivity contribution in [2.75, 3.05) is 14.2 Å². The highest BCUT2D eigenvalue weighted by Crippen LogP contribution is 2.38. The molecule has 0 aliphatic carbocycles. The van der Waals surface area contributed by atoms with Gasteiger partial charge in [-0.2, -0.15) is 0 Å². The Morgan fingerprint density at radius 3 is 2.57 bits per heavy atom. The number of benzene rings is 1. The first-order valence-electron chi connectivity index (χ1n) is 7.16. The molecule has 0 radical (unpaired) electrons. The van der Waals surface area contributed by atoms with Gasteiger partial charge < -0.3 is 18.6 Å². The predicted octanol–water partition coefficient (Wildman–Crippen LogP) is 3.25. The van der Waals surface area contributed by atoms with Crippen LogP contribution in [0.4, 0.5) is 0 Å². The Bertz CT molecular complexity index is 886. The fourth-order valence-electron chi connectivity index (χ4n) is 2.91. The summed E-state index contributed by atoms with van der Waals surface area (Å²) in [6.07, 6.45) is 1.76. The summed E-state index contributed by atoms with van der Waals surface area (Å²) >= 11 is 0. The monoisotopic (exact) mass is 314 g/mol. The van der Waals surface area contributed by atoms with Crippen LogP contribution in [0.1, 0.15) is 21.8 Å². The van der Waals surface area contributed by atoms with Crippen LogP contribution in [0.5, 0.6) is 5.75 Å². The summed E-state index contributed by atoms with van der Waals surface area (Å²) < 4.78 is 17.5. The number of fused-ring (bicyclic) bond motifs is 1. The van der Waals surface area contributed by atoms with Gasteiger partial charge in [-0.3, -0.25) is 0 Å². The van der Waals surface area contributed by atoms with Crippen molar-refractivity contribution in [2.45, 2.75) is 13.8 Å². The van der Waals surface area contributed by atoms with E-state index < -0.39 is 0 Å². The molecule has 6 nitrogen and oxygen atoms in total. The number of carbonyl (C=O) groups excluding carboxylic acids is 1. The van der Waals surface area contributed by atoms with Crippen molar-refractivity contribution in [1.82, 2.24) is 9.72 Å². The molecule has 6 heteroatoms. The molecule has 0 saturated carbocycles. The van der Waals surface area contributed by atoms with E-state index in [4.69, 9.17) is 14.0 Å². The Hall–Kier alpha value is -2.76. The molecule has 23 heavy (non-hydrogen) atoms. The van der Waals surface area contributed by atoms with Gasteiger partial charge >= 0.3 is 5.97 Å². The van der Waals surface area contributed by atoms with Gasteiger partial charge in [-0.15, -0.1) is 0 Å². The van der Waals surface area contributed by atoms with Crippen molar-refractivity contribution in [3.8, 4) is 16.9 Å². The van der Waals surface area contributed by atoms with Crippen LogP contribution < -0.4 is 4.74 Å². The molecule has 3 rings (SSSR count). The number of hydrogen-bond acceptors (Lipinski definition) is 5. The fourth-order valence-corrected chi connectivity index (χ4v) is 2.91. The Morgan fingerprint density at radius 2 is 2.00 bits per heavy atom. The van der Waals surface area contributed by atoms with E-state index in [0.29, 0.717) is 11.3 Å². The third-order valence-corrected chi connectivity index (χ3v) is 4.02. The predicted molar refractivity (Wildman–Crippen MR) is 85.8 cm³/mol. The molecule has 120 valence electrons. The molecule has 0 aliphatic rings. The number of methoxy groups -OCH3 is 2. The Balaban J connectivity index is 2.33. The van der Waals surface area contributed by atoms with Crippen LogP contribution in [0.15, 0.2) is 22.9 Å². The standard InChI is InChI=1S/C17H18N2O4/c1-9-16(10(2)23-18-9)12-6-14-11(7-15(12)21-4)13(8-19(14)3)17(20)22-5/h6-8H,1-5H3. The van der Waals surface area contributed by atoms with E-state index in [1.165, 1.54) is 7.11 Å². The molecule has 0 fully saturated rings. The summed E-state index contributed by atoms with van der Waals surface area (Å²) in [5.41, 5.74) is 4.00. The Labute approximate surface area is 133 Å². The highest BCUT2D eigenvalue weighted by molar-refractivity contribution is 6.06. The van der Waals surface area contributed by atoms with Gasteiger partial charge in [0.05, 0.1) is 31.0 Å². The summed E-state index contributed by atoms with van der Waals surface area (Å²) in [6.45, 7) is 3.75. The number of carbonyl (C=O) groups is 1. The molecule has 0 N–H and O–H groups in total. The van der Waals surface area contributed by atoms with Crippen molar-refractivity contribution in [2.24, 2.45) is 7.05 Å². The van der Waals surface area contributed by atoms with Crippen molar-refractivity contribution >= 4 is 16.9 Å². The van der Waals surface area contributed by atoms with Crippen LogP contribution in [0, 0.1) is 13.8 Å². The average molecular weight is 314 g/mol. The van der Waals surface area contributed by atoms with Gasteiger partial charge in [0.2, 0.25) is 0 Å². The topological polar surface area (TPSA) is 66.5 Å². The average Bonchev–Trinajstić information content (AvgIpc) is 3.05. The van der Waals surface area contributed by atoms with Crippen LogP contribution in [-0.2, 0) is 11.8 Å². The maximum atomic E-state index is 12.0. The van der Waals surface area contributed by atoms with Crippen LogP contribution in [0.2, 0.25) is 0 Å². The minimum Gasteiger partial charge on any atom is -0.496 e. The summed E-state index contributed by atoms with van der Waals surface area (Å²) in [5, 5.41) is 4.79. The number of aromatic nitrogens is 2. The lowest BCUT2D eigenvalue weighted by Crippen LogP contribution is -2.00. The van der Waals surface area contributed by atoms with E-state index in [-0.39, 0.29) is 5.97 Å². The minimum absolute atomic E-state index is 0.372. The molecule has 2 aromatic heterocycles. The fraction of sp³-hybridized carbons (Fsp3) is 0.294. The van der Waals surface area contributed by atoms with E-state index in [0.717, 1.165) is 33.5 Å². The number of esters is 1. The van der Waals surface area contributed by atoms with Crippen molar-refractivity contribution < 1.29 is 18.8 Å². The summed E-state index contributed by atoms with van der Waals surface area (Å²) in [5.74, 6) is 1.01. The van der Waals surface area contributed by atoms with Gasteiger partial charge in [0.1, 0.15) is 11.5 Å². The van der Waals surface area contributed by atoms with Gasteiger partial charge in [0.25, 0.3) is 0 Å². The SMILES string of the molecule is COC(=O)c1cn(C)c2cc(-c3c(C)noc3C)c(OC)cc12.